The number of ether oxygens (including phenoxy) is 1. The van der Waals surface area contributed by atoms with Crippen molar-refractivity contribution < 1.29 is 9.53 Å². The Balaban J connectivity index is 1.52. The summed E-state index contributed by atoms with van der Waals surface area (Å²) in [4.78, 5) is 14.1. The molecule has 1 aliphatic heterocycles. The smallest absolute Gasteiger partial charge is 0.233 e. The zero-order valence-corrected chi connectivity index (χ0v) is 15.2. The number of nitrogens with one attached hydrogen (secondary N) is 1. The van der Waals surface area contributed by atoms with Gasteiger partial charge in [-0.05, 0) is 31.4 Å². The van der Waals surface area contributed by atoms with Gasteiger partial charge in [0.05, 0.1) is 12.9 Å². The van der Waals surface area contributed by atoms with E-state index in [2.05, 4.69) is 15.5 Å². The van der Waals surface area contributed by atoms with Gasteiger partial charge < -0.3 is 15.0 Å². The number of carbonyl (C=O) groups excluding carboxylic acids is 1. The van der Waals surface area contributed by atoms with Gasteiger partial charge in [0.2, 0.25) is 11.0 Å². The number of nitrogens with zero attached hydrogens (tertiary/aromatic N) is 3. The monoisotopic (exact) mass is 364 g/mol. The van der Waals surface area contributed by atoms with Crippen LogP contribution in [0.25, 0.3) is 0 Å². The molecule has 0 atom stereocenters. The van der Waals surface area contributed by atoms with Gasteiger partial charge in [-0.2, -0.15) is 0 Å². The van der Waals surface area contributed by atoms with Crippen molar-refractivity contribution in [2.45, 2.75) is 23.6 Å². The van der Waals surface area contributed by atoms with E-state index in [0.717, 1.165) is 41.7 Å². The van der Waals surface area contributed by atoms with E-state index in [4.69, 9.17) is 4.74 Å². The highest BCUT2D eigenvalue weighted by atomic mass is 32.2. The summed E-state index contributed by atoms with van der Waals surface area (Å²) in [7, 11) is 1.64. The van der Waals surface area contributed by atoms with E-state index in [1.807, 2.05) is 29.2 Å². The number of benzene rings is 1. The van der Waals surface area contributed by atoms with E-state index >= 15 is 0 Å². The second-order valence-electron chi connectivity index (χ2n) is 5.46. The average Bonchev–Trinajstić information content (AvgIpc) is 3.08. The summed E-state index contributed by atoms with van der Waals surface area (Å²) >= 11 is 2.90. The van der Waals surface area contributed by atoms with Crippen LogP contribution in [-0.4, -0.2) is 47.0 Å². The molecule has 1 N–H and O–H groups in total. The van der Waals surface area contributed by atoms with Gasteiger partial charge in [0.1, 0.15) is 5.75 Å². The number of methoxy groups -OCH3 is 1. The Morgan fingerprint density at radius 2 is 2.17 bits per heavy atom. The van der Waals surface area contributed by atoms with Crippen LogP contribution in [0.1, 0.15) is 19.3 Å². The first kappa shape index (κ1) is 17.0. The molecule has 6 nitrogen and oxygen atoms in total. The van der Waals surface area contributed by atoms with Crippen LogP contribution in [0.4, 0.5) is 10.8 Å². The Kier molecular flexibility index (Phi) is 5.92. The maximum absolute atomic E-state index is 12.2. The molecule has 128 valence electrons. The van der Waals surface area contributed by atoms with Crippen molar-refractivity contribution in [3.05, 3.63) is 24.3 Å². The summed E-state index contributed by atoms with van der Waals surface area (Å²) in [5.74, 6) is 1.40. The van der Waals surface area contributed by atoms with Crippen molar-refractivity contribution in [1.82, 2.24) is 15.1 Å². The number of rotatable bonds is 6. The Morgan fingerprint density at radius 3 is 2.96 bits per heavy atom. The van der Waals surface area contributed by atoms with Gasteiger partial charge in [-0.3, -0.25) is 4.79 Å². The fourth-order valence-corrected chi connectivity index (χ4v) is 4.18. The SMILES string of the molecule is COc1cccc(Nc2nnc(SCC(=O)N3CCCCC3)s2)c1. The van der Waals surface area contributed by atoms with E-state index < -0.39 is 0 Å². The molecule has 1 aromatic heterocycles. The van der Waals surface area contributed by atoms with Gasteiger partial charge in [0, 0.05) is 24.8 Å². The van der Waals surface area contributed by atoms with Crippen LogP contribution >= 0.6 is 23.1 Å². The van der Waals surface area contributed by atoms with Gasteiger partial charge in [-0.25, -0.2) is 0 Å². The topological polar surface area (TPSA) is 67.3 Å². The maximum Gasteiger partial charge on any atom is 0.233 e. The van der Waals surface area contributed by atoms with E-state index in [1.54, 1.807) is 7.11 Å². The molecule has 24 heavy (non-hydrogen) atoms. The van der Waals surface area contributed by atoms with Crippen LogP contribution in [0.3, 0.4) is 0 Å². The lowest BCUT2D eigenvalue weighted by Gasteiger charge is -2.26. The molecule has 1 saturated heterocycles. The van der Waals surface area contributed by atoms with Crippen LogP contribution in [0.15, 0.2) is 28.6 Å². The Labute approximate surface area is 149 Å². The highest BCUT2D eigenvalue weighted by Crippen LogP contribution is 2.29. The standard InChI is InChI=1S/C16H20N4O2S2/c1-22-13-7-5-6-12(10-13)17-15-18-19-16(24-15)23-11-14(21)20-8-3-2-4-9-20/h5-7,10H,2-4,8-9,11H2,1H3,(H,17,18). The van der Waals surface area contributed by atoms with Crippen molar-refractivity contribution in [2.24, 2.45) is 0 Å². The summed E-state index contributed by atoms with van der Waals surface area (Å²) in [6.45, 7) is 1.77. The third kappa shape index (κ3) is 4.61. The normalized spacial score (nSPS) is 14.5. The summed E-state index contributed by atoms with van der Waals surface area (Å²) in [5, 5.41) is 12.2. The van der Waals surface area contributed by atoms with Crippen LogP contribution < -0.4 is 10.1 Å². The molecule has 0 saturated carbocycles. The first-order chi connectivity index (χ1) is 11.7. The molecule has 2 aromatic rings. The first-order valence-corrected chi connectivity index (χ1v) is 9.70. The van der Waals surface area contributed by atoms with E-state index in [9.17, 15) is 4.79 Å². The van der Waals surface area contributed by atoms with E-state index in [1.165, 1.54) is 29.5 Å². The first-order valence-electron chi connectivity index (χ1n) is 7.90. The van der Waals surface area contributed by atoms with Gasteiger partial charge >= 0.3 is 0 Å². The van der Waals surface area contributed by atoms with Gasteiger partial charge in [0.15, 0.2) is 4.34 Å². The Bertz CT molecular complexity index is 686. The lowest BCUT2D eigenvalue weighted by Crippen LogP contribution is -2.36. The molecule has 0 aliphatic carbocycles. The van der Waals surface area contributed by atoms with Crippen molar-refractivity contribution in [3.63, 3.8) is 0 Å². The fraction of sp³-hybridized carbons (Fsp3) is 0.438. The second-order valence-corrected chi connectivity index (χ2v) is 7.66. The molecular formula is C16H20N4O2S2. The molecule has 2 heterocycles. The molecule has 8 heteroatoms. The number of thioether (sulfide) groups is 1. The molecule has 1 aromatic carbocycles. The average molecular weight is 364 g/mol. The number of amides is 1. The van der Waals surface area contributed by atoms with Crippen molar-refractivity contribution >= 4 is 39.8 Å². The van der Waals surface area contributed by atoms with E-state index in [-0.39, 0.29) is 5.91 Å². The minimum Gasteiger partial charge on any atom is -0.497 e. The molecule has 0 unspecified atom stereocenters. The molecule has 0 spiro atoms. The molecule has 1 aliphatic rings. The number of hydrogen-bond donors (Lipinski definition) is 1. The Morgan fingerprint density at radius 1 is 1.33 bits per heavy atom. The van der Waals surface area contributed by atoms with Crippen LogP contribution in [0.2, 0.25) is 0 Å². The minimum atomic E-state index is 0.192. The van der Waals surface area contributed by atoms with Crippen LogP contribution in [0.5, 0.6) is 5.75 Å². The van der Waals surface area contributed by atoms with Gasteiger partial charge in [-0.1, -0.05) is 29.2 Å². The zero-order valence-electron chi connectivity index (χ0n) is 13.5. The van der Waals surface area contributed by atoms with Crippen molar-refractivity contribution in [3.8, 4) is 5.75 Å². The zero-order chi connectivity index (χ0) is 16.8. The molecule has 0 radical (unpaired) electrons. The summed E-state index contributed by atoms with van der Waals surface area (Å²) in [6.07, 6.45) is 3.46. The van der Waals surface area contributed by atoms with Gasteiger partial charge in [-0.15, -0.1) is 10.2 Å². The number of carbonyl (C=O) groups is 1. The molecule has 1 amide bonds. The number of likely N-dealkylation sites (tertiary alicyclic amines) is 1. The summed E-state index contributed by atoms with van der Waals surface area (Å²) < 4.78 is 6.00. The quantitative estimate of drug-likeness (QED) is 0.793. The Hall–Kier alpha value is -1.80. The van der Waals surface area contributed by atoms with Crippen molar-refractivity contribution in [1.29, 1.82) is 0 Å². The predicted molar refractivity (Wildman–Crippen MR) is 97.3 cm³/mol. The largest absolute Gasteiger partial charge is 0.497 e. The number of aromatic nitrogens is 2. The number of piperidine rings is 1. The lowest BCUT2D eigenvalue weighted by atomic mass is 10.1. The molecule has 1 fully saturated rings. The molecule has 3 rings (SSSR count). The van der Waals surface area contributed by atoms with E-state index in [0.29, 0.717) is 10.9 Å². The van der Waals surface area contributed by atoms with Crippen LogP contribution in [0, 0.1) is 0 Å². The predicted octanol–water partition coefficient (Wildman–Crippen LogP) is 3.39. The maximum atomic E-state index is 12.2. The minimum absolute atomic E-state index is 0.192. The lowest BCUT2D eigenvalue weighted by molar-refractivity contribution is -0.129. The summed E-state index contributed by atoms with van der Waals surface area (Å²) in [5.41, 5.74) is 0.895. The van der Waals surface area contributed by atoms with Crippen molar-refractivity contribution in [2.75, 3.05) is 31.3 Å². The highest BCUT2D eigenvalue weighted by molar-refractivity contribution is 8.01. The molecule has 0 bridgehead atoms. The third-order valence-corrected chi connectivity index (χ3v) is 5.71. The fourth-order valence-electron chi connectivity index (χ4n) is 2.50. The van der Waals surface area contributed by atoms with Gasteiger partial charge in [0.25, 0.3) is 0 Å². The summed E-state index contributed by atoms with van der Waals surface area (Å²) in [6, 6.07) is 7.64. The second kappa shape index (κ2) is 8.34. The number of hydrogen-bond acceptors (Lipinski definition) is 7. The highest BCUT2D eigenvalue weighted by Gasteiger charge is 2.17. The third-order valence-electron chi connectivity index (χ3n) is 3.76. The molecular weight excluding hydrogens is 344 g/mol. The number of anilines is 2. The van der Waals surface area contributed by atoms with Crippen LogP contribution in [-0.2, 0) is 4.79 Å².